The molecule has 1 aliphatic heterocycles. The Hall–Kier alpha value is -3.12. The Bertz CT molecular complexity index is 1010. The molecule has 0 bridgehead atoms. The van der Waals surface area contributed by atoms with Crippen LogP contribution in [0.2, 0.25) is 0 Å². The minimum atomic E-state index is -0.629. The molecule has 0 spiro atoms. The number of hydrogen-bond donors (Lipinski definition) is 2. The summed E-state index contributed by atoms with van der Waals surface area (Å²) in [6, 6.07) is 16.9. The molecular weight excluding hydrogens is 366 g/mol. The molecule has 150 valence electrons. The van der Waals surface area contributed by atoms with Crippen molar-refractivity contribution in [1.82, 2.24) is 15.2 Å². The molecule has 1 unspecified atom stereocenters. The number of rotatable bonds is 5. The van der Waals surface area contributed by atoms with Crippen LogP contribution >= 0.6 is 0 Å². The van der Waals surface area contributed by atoms with Crippen molar-refractivity contribution in [2.75, 3.05) is 26.3 Å². The summed E-state index contributed by atoms with van der Waals surface area (Å²) in [6.07, 6.45) is 0.447. The Morgan fingerprint density at radius 2 is 1.86 bits per heavy atom. The summed E-state index contributed by atoms with van der Waals surface area (Å²) in [6.45, 7) is 4.17. The Kier molecular flexibility index (Phi) is 5.62. The van der Waals surface area contributed by atoms with Gasteiger partial charge in [-0.1, -0.05) is 42.0 Å². The van der Waals surface area contributed by atoms with Gasteiger partial charge in [-0.25, -0.2) is 0 Å². The van der Waals surface area contributed by atoms with Crippen LogP contribution in [0.1, 0.15) is 21.6 Å². The third-order valence-electron chi connectivity index (χ3n) is 5.23. The van der Waals surface area contributed by atoms with Gasteiger partial charge in [0, 0.05) is 30.4 Å². The van der Waals surface area contributed by atoms with E-state index in [-0.39, 0.29) is 11.8 Å². The number of aromatic nitrogens is 1. The molecule has 1 aliphatic rings. The summed E-state index contributed by atoms with van der Waals surface area (Å²) < 4.78 is 5.36. The van der Waals surface area contributed by atoms with E-state index in [1.165, 1.54) is 0 Å². The van der Waals surface area contributed by atoms with Crippen LogP contribution in [0.25, 0.3) is 10.9 Å². The fourth-order valence-corrected chi connectivity index (χ4v) is 3.66. The van der Waals surface area contributed by atoms with Gasteiger partial charge in [-0.05, 0) is 30.7 Å². The third kappa shape index (κ3) is 4.49. The molecule has 1 fully saturated rings. The number of ether oxygens (including phenoxy) is 1. The van der Waals surface area contributed by atoms with E-state index in [4.69, 9.17) is 4.74 Å². The van der Waals surface area contributed by atoms with Gasteiger partial charge in [-0.3, -0.25) is 9.59 Å². The lowest BCUT2D eigenvalue weighted by molar-refractivity contribution is -0.137. The molecule has 2 aromatic carbocycles. The van der Waals surface area contributed by atoms with Crippen molar-refractivity contribution < 1.29 is 14.3 Å². The normalized spacial score (nSPS) is 15.3. The number of benzene rings is 2. The lowest BCUT2D eigenvalue weighted by atomic mass is 10.0. The number of aryl methyl sites for hydroxylation is 1. The first-order valence-electron chi connectivity index (χ1n) is 9.91. The fraction of sp³-hybridized carbons (Fsp3) is 0.304. The van der Waals surface area contributed by atoms with Gasteiger partial charge < -0.3 is 19.9 Å². The van der Waals surface area contributed by atoms with Crippen LogP contribution in [0.15, 0.2) is 54.6 Å². The van der Waals surface area contributed by atoms with Crippen LogP contribution in [0, 0.1) is 6.92 Å². The lowest BCUT2D eigenvalue weighted by Gasteiger charge is -2.30. The molecule has 0 aliphatic carbocycles. The lowest BCUT2D eigenvalue weighted by Crippen LogP contribution is -2.52. The molecular formula is C23H25N3O3. The van der Waals surface area contributed by atoms with Crippen molar-refractivity contribution in [1.29, 1.82) is 0 Å². The molecule has 6 nitrogen and oxygen atoms in total. The van der Waals surface area contributed by atoms with Crippen molar-refractivity contribution >= 4 is 22.7 Å². The maximum atomic E-state index is 13.1. The highest BCUT2D eigenvalue weighted by Crippen LogP contribution is 2.17. The molecule has 1 atom stereocenters. The Morgan fingerprint density at radius 1 is 1.10 bits per heavy atom. The highest BCUT2D eigenvalue weighted by Gasteiger charge is 2.28. The third-order valence-corrected chi connectivity index (χ3v) is 5.23. The van der Waals surface area contributed by atoms with Crippen LogP contribution in [0.3, 0.4) is 0 Å². The first-order chi connectivity index (χ1) is 14.1. The van der Waals surface area contributed by atoms with E-state index in [2.05, 4.69) is 10.3 Å². The number of carbonyl (C=O) groups excluding carboxylic acids is 2. The minimum Gasteiger partial charge on any atom is -0.378 e. The monoisotopic (exact) mass is 391 g/mol. The van der Waals surface area contributed by atoms with Crippen LogP contribution in [0.5, 0.6) is 0 Å². The van der Waals surface area contributed by atoms with Gasteiger partial charge in [0.25, 0.3) is 5.91 Å². The van der Waals surface area contributed by atoms with Gasteiger partial charge >= 0.3 is 0 Å². The van der Waals surface area contributed by atoms with Gasteiger partial charge in [-0.2, -0.15) is 0 Å². The average molecular weight is 391 g/mol. The summed E-state index contributed by atoms with van der Waals surface area (Å²) in [5.74, 6) is -0.348. The molecule has 2 heterocycles. The predicted molar refractivity (Wildman–Crippen MR) is 112 cm³/mol. The molecule has 2 amide bonds. The van der Waals surface area contributed by atoms with Gasteiger partial charge in [0.1, 0.15) is 11.7 Å². The standard InChI is InChI=1S/C23H25N3O3/c1-16-7-8-19-18(13-16)15-20(24-19)22(27)25-21(14-17-5-3-2-4-6-17)23(28)26-9-11-29-12-10-26/h2-8,13,15,21,24H,9-12,14H2,1H3,(H,25,27). The highest BCUT2D eigenvalue weighted by atomic mass is 16.5. The first kappa shape index (κ1) is 19.2. The quantitative estimate of drug-likeness (QED) is 0.702. The van der Waals surface area contributed by atoms with E-state index in [0.717, 1.165) is 22.0 Å². The van der Waals surface area contributed by atoms with E-state index >= 15 is 0 Å². The van der Waals surface area contributed by atoms with Crippen LogP contribution in [-0.2, 0) is 16.0 Å². The predicted octanol–water partition coefficient (Wildman–Crippen LogP) is 2.68. The number of nitrogens with one attached hydrogen (secondary N) is 2. The summed E-state index contributed by atoms with van der Waals surface area (Å²) in [5, 5.41) is 3.93. The van der Waals surface area contributed by atoms with Crippen molar-refractivity contribution in [3.8, 4) is 0 Å². The average Bonchev–Trinajstić information content (AvgIpc) is 3.17. The van der Waals surface area contributed by atoms with Crippen LogP contribution < -0.4 is 5.32 Å². The smallest absolute Gasteiger partial charge is 0.268 e. The Labute approximate surface area is 169 Å². The largest absolute Gasteiger partial charge is 0.378 e. The molecule has 29 heavy (non-hydrogen) atoms. The topological polar surface area (TPSA) is 74.4 Å². The first-order valence-corrected chi connectivity index (χ1v) is 9.91. The number of fused-ring (bicyclic) bond motifs is 1. The summed E-state index contributed by atoms with van der Waals surface area (Å²) in [7, 11) is 0. The van der Waals surface area contributed by atoms with E-state index in [1.54, 1.807) is 4.90 Å². The summed E-state index contributed by atoms with van der Waals surface area (Å²) >= 11 is 0. The molecule has 4 rings (SSSR count). The molecule has 2 N–H and O–H groups in total. The minimum absolute atomic E-state index is 0.0718. The van der Waals surface area contributed by atoms with Gasteiger partial charge in [0.05, 0.1) is 13.2 Å². The highest BCUT2D eigenvalue weighted by molar-refractivity contribution is 6.00. The van der Waals surface area contributed by atoms with Crippen molar-refractivity contribution in [2.45, 2.75) is 19.4 Å². The number of hydrogen-bond acceptors (Lipinski definition) is 3. The van der Waals surface area contributed by atoms with E-state index in [1.807, 2.05) is 61.5 Å². The number of H-pyrrole nitrogens is 1. The maximum Gasteiger partial charge on any atom is 0.268 e. The number of aromatic amines is 1. The zero-order valence-corrected chi connectivity index (χ0v) is 16.5. The Morgan fingerprint density at radius 3 is 2.62 bits per heavy atom. The van der Waals surface area contributed by atoms with Crippen molar-refractivity contribution in [3.05, 3.63) is 71.4 Å². The van der Waals surface area contributed by atoms with E-state index in [9.17, 15) is 9.59 Å². The van der Waals surface area contributed by atoms with Crippen LogP contribution in [0.4, 0.5) is 0 Å². The van der Waals surface area contributed by atoms with Crippen molar-refractivity contribution in [3.63, 3.8) is 0 Å². The van der Waals surface area contributed by atoms with Crippen molar-refractivity contribution in [2.24, 2.45) is 0 Å². The molecule has 0 radical (unpaired) electrons. The number of nitrogens with zero attached hydrogens (tertiary/aromatic N) is 1. The summed E-state index contributed by atoms with van der Waals surface area (Å²) in [5.41, 5.74) is 3.50. The SMILES string of the molecule is Cc1ccc2[nH]c(C(=O)NC(Cc3ccccc3)C(=O)N3CCOCC3)cc2c1. The Balaban J connectivity index is 1.55. The molecule has 1 aromatic heterocycles. The molecule has 3 aromatic rings. The molecule has 6 heteroatoms. The number of morpholine rings is 1. The van der Waals surface area contributed by atoms with Gasteiger partial charge in [-0.15, -0.1) is 0 Å². The van der Waals surface area contributed by atoms with Crippen LogP contribution in [-0.4, -0.2) is 54.0 Å². The zero-order valence-electron chi connectivity index (χ0n) is 16.5. The summed E-state index contributed by atoms with van der Waals surface area (Å²) in [4.78, 5) is 31.0. The second kappa shape index (κ2) is 8.49. The zero-order chi connectivity index (χ0) is 20.2. The van der Waals surface area contributed by atoms with E-state index < -0.39 is 6.04 Å². The van der Waals surface area contributed by atoms with Gasteiger partial charge in [0.2, 0.25) is 5.91 Å². The van der Waals surface area contributed by atoms with E-state index in [0.29, 0.717) is 38.4 Å². The number of carbonyl (C=O) groups is 2. The fourth-order valence-electron chi connectivity index (χ4n) is 3.66. The second-order valence-electron chi connectivity index (χ2n) is 7.43. The molecule has 0 saturated carbocycles. The molecule has 1 saturated heterocycles. The van der Waals surface area contributed by atoms with Gasteiger partial charge in [0.15, 0.2) is 0 Å². The maximum absolute atomic E-state index is 13.1. The number of amides is 2. The second-order valence-corrected chi connectivity index (χ2v) is 7.43.